The predicted octanol–water partition coefficient (Wildman–Crippen LogP) is 7.66. The van der Waals surface area contributed by atoms with Gasteiger partial charge in [-0.1, -0.05) is 68.3 Å². The van der Waals surface area contributed by atoms with Gasteiger partial charge in [0.2, 0.25) is 0 Å². The standard InChI is InChI=1S/C31H28O4/c1-8-22-17-24(12-16-29(22)35-31(33)21(6)7)25-11-15-27(28(18-25)19(2)3)23-9-13-26(14-10-23)34-30(32)20(4)5/h8-18H,1-2,4,6H2,3,5,7H3. The third-order valence-electron chi connectivity index (χ3n) is 5.32. The SMILES string of the molecule is C=Cc1cc(-c2ccc(-c3ccc(OC(=O)C(=C)C)cc3)c(C(=C)C)c2)ccc1OC(=O)C(=C)C. The van der Waals surface area contributed by atoms with Gasteiger partial charge in [-0.15, -0.1) is 0 Å². The second-order valence-corrected chi connectivity index (χ2v) is 8.36. The molecule has 0 bridgehead atoms. The van der Waals surface area contributed by atoms with E-state index in [1.165, 1.54) is 0 Å². The zero-order valence-corrected chi connectivity index (χ0v) is 20.3. The van der Waals surface area contributed by atoms with Gasteiger partial charge in [-0.2, -0.15) is 0 Å². The lowest BCUT2D eigenvalue weighted by Gasteiger charge is -2.14. The highest BCUT2D eigenvalue weighted by Crippen LogP contribution is 2.35. The number of hydrogen-bond donors (Lipinski definition) is 0. The van der Waals surface area contributed by atoms with Crippen molar-refractivity contribution in [3.05, 3.63) is 109 Å². The van der Waals surface area contributed by atoms with Gasteiger partial charge in [0, 0.05) is 16.7 Å². The molecule has 0 unspecified atom stereocenters. The van der Waals surface area contributed by atoms with Gasteiger partial charge in [-0.05, 0) is 78.9 Å². The molecule has 3 aromatic carbocycles. The highest BCUT2D eigenvalue weighted by Gasteiger charge is 2.13. The summed E-state index contributed by atoms with van der Waals surface area (Å²) in [5, 5.41) is 0. The van der Waals surface area contributed by atoms with Gasteiger partial charge >= 0.3 is 11.9 Å². The number of carbonyl (C=O) groups is 2. The lowest BCUT2D eigenvalue weighted by atomic mass is 9.91. The Morgan fingerprint density at radius 1 is 0.714 bits per heavy atom. The Balaban J connectivity index is 1.95. The monoisotopic (exact) mass is 464 g/mol. The van der Waals surface area contributed by atoms with Gasteiger partial charge in [-0.25, -0.2) is 9.59 Å². The van der Waals surface area contributed by atoms with E-state index in [1.807, 2.05) is 43.3 Å². The topological polar surface area (TPSA) is 52.6 Å². The fourth-order valence-electron chi connectivity index (χ4n) is 3.39. The van der Waals surface area contributed by atoms with Gasteiger partial charge in [0.05, 0.1) is 0 Å². The first-order chi connectivity index (χ1) is 16.6. The first kappa shape index (κ1) is 25.2. The minimum atomic E-state index is -0.477. The number of carbonyl (C=O) groups excluding carboxylic acids is 2. The molecular formula is C31H28O4. The molecule has 3 aromatic rings. The molecule has 0 aliphatic rings. The van der Waals surface area contributed by atoms with Crippen LogP contribution in [0.3, 0.4) is 0 Å². The van der Waals surface area contributed by atoms with Gasteiger partial charge in [0.1, 0.15) is 11.5 Å². The quantitative estimate of drug-likeness (QED) is 0.195. The predicted molar refractivity (Wildman–Crippen MR) is 143 cm³/mol. The van der Waals surface area contributed by atoms with Crippen molar-refractivity contribution in [3.63, 3.8) is 0 Å². The molecule has 35 heavy (non-hydrogen) atoms. The van der Waals surface area contributed by atoms with E-state index in [0.717, 1.165) is 33.4 Å². The van der Waals surface area contributed by atoms with Crippen LogP contribution in [0.5, 0.6) is 11.5 Å². The maximum atomic E-state index is 11.9. The van der Waals surface area contributed by atoms with E-state index in [-0.39, 0.29) is 0 Å². The highest BCUT2D eigenvalue weighted by molar-refractivity contribution is 5.90. The first-order valence-electron chi connectivity index (χ1n) is 11.0. The summed E-state index contributed by atoms with van der Waals surface area (Å²) in [4.78, 5) is 23.7. The maximum absolute atomic E-state index is 11.9. The fraction of sp³-hybridized carbons (Fsp3) is 0.0968. The number of ether oxygens (including phenoxy) is 2. The lowest BCUT2D eigenvalue weighted by molar-refractivity contribution is -0.130. The Hall–Kier alpha value is -4.44. The summed E-state index contributed by atoms with van der Waals surface area (Å²) < 4.78 is 10.7. The largest absolute Gasteiger partial charge is 0.423 e. The van der Waals surface area contributed by atoms with E-state index in [1.54, 1.807) is 38.1 Å². The minimum Gasteiger partial charge on any atom is -0.423 e. The molecule has 3 rings (SSSR count). The Bertz CT molecular complexity index is 1360. The number of benzene rings is 3. The molecule has 4 nitrogen and oxygen atoms in total. The molecule has 0 heterocycles. The molecule has 0 spiro atoms. The van der Waals surface area contributed by atoms with Crippen LogP contribution in [0.4, 0.5) is 0 Å². The van der Waals surface area contributed by atoms with Crippen molar-refractivity contribution < 1.29 is 19.1 Å². The summed E-state index contributed by atoms with van der Waals surface area (Å²) in [6, 6.07) is 19.1. The normalized spacial score (nSPS) is 10.3. The van der Waals surface area contributed by atoms with E-state index >= 15 is 0 Å². The zero-order chi connectivity index (χ0) is 25.7. The molecule has 0 saturated carbocycles. The average Bonchev–Trinajstić information content (AvgIpc) is 2.84. The Morgan fingerprint density at radius 2 is 1.26 bits per heavy atom. The Labute approximate surface area is 206 Å². The number of esters is 2. The molecule has 0 saturated heterocycles. The molecule has 0 aliphatic heterocycles. The number of rotatable bonds is 8. The molecule has 176 valence electrons. The van der Waals surface area contributed by atoms with Crippen molar-refractivity contribution in [1.82, 2.24) is 0 Å². The van der Waals surface area contributed by atoms with E-state index in [0.29, 0.717) is 28.2 Å². The van der Waals surface area contributed by atoms with Crippen LogP contribution in [0.2, 0.25) is 0 Å². The van der Waals surface area contributed by atoms with Crippen molar-refractivity contribution in [2.24, 2.45) is 0 Å². The van der Waals surface area contributed by atoms with Crippen LogP contribution < -0.4 is 9.47 Å². The van der Waals surface area contributed by atoms with Crippen LogP contribution in [0.15, 0.2) is 98.1 Å². The summed E-state index contributed by atoms with van der Waals surface area (Å²) in [5.41, 5.74) is 7.20. The zero-order valence-electron chi connectivity index (χ0n) is 20.3. The highest BCUT2D eigenvalue weighted by atomic mass is 16.5. The summed E-state index contributed by atoms with van der Waals surface area (Å²) in [7, 11) is 0. The molecule has 0 N–H and O–H groups in total. The van der Waals surface area contributed by atoms with E-state index < -0.39 is 11.9 Å². The van der Waals surface area contributed by atoms with Gasteiger partial charge in [-0.3, -0.25) is 0 Å². The molecular weight excluding hydrogens is 436 g/mol. The molecule has 0 aliphatic carbocycles. The molecule has 0 fully saturated rings. The number of hydrogen-bond acceptors (Lipinski definition) is 4. The second-order valence-electron chi connectivity index (χ2n) is 8.36. The van der Waals surface area contributed by atoms with Crippen LogP contribution in [-0.2, 0) is 9.59 Å². The third-order valence-corrected chi connectivity index (χ3v) is 5.32. The van der Waals surface area contributed by atoms with Crippen molar-refractivity contribution >= 4 is 23.6 Å². The van der Waals surface area contributed by atoms with Crippen molar-refractivity contribution in [3.8, 4) is 33.8 Å². The van der Waals surface area contributed by atoms with Crippen LogP contribution in [-0.4, -0.2) is 11.9 Å². The molecule has 0 amide bonds. The Morgan fingerprint density at radius 3 is 1.83 bits per heavy atom. The van der Waals surface area contributed by atoms with Gasteiger partial charge < -0.3 is 9.47 Å². The summed E-state index contributed by atoms with van der Waals surface area (Å²) in [6.07, 6.45) is 1.65. The summed E-state index contributed by atoms with van der Waals surface area (Å²) in [6.45, 7) is 20.4. The molecule has 4 heteroatoms. The van der Waals surface area contributed by atoms with Crippen molar-refractivity contribution in [2.45, 2.75) is 20.8 Å². The second kappa shape index (κ2) is 10.7. The maximum Gasteiger partial charge on any atom is 0.338 e. The van der Waals surface area contributed by atoms with E-state index in [4.69, 9.17) is 9.47 Å². The van der Waals surface area contributed by atoms with Crippen LogP contribution in [0, 0.1) is 0 Å². The molecule has 0 radical (unpaired) electrons. The van der Waals surface area contributed by atoms with Crippen LogP contribution in [0.1, 0.15) is 31.9 Å². The third kappa shape index (κ3) is 5.92. The first-order valence-corrected chi connectivity index (χ1v) is 11.0. The van der Waals surface area contributed by atoms with Gasteiger partial charge in [0.25, 0.3) is 0 Å². The van der Waals surface area contributed by atoms with E-state index in [2.05, 4.69) is 32.4 Å². The van der Waals surface area contributed by atoms with Crippen molar-refractivity contribution in [1.29, 1.82) is 0 Å². The van der Waals surface area contributed by atoms with Crippen molar-refractivity contribution in [2.75, 3.05) is 0 Å². The summed E-state index contributed by atoms with van der Waals surface area (Å²) >= 11 is 0. The summed E-state index contributed by atoms with van der Waals surface area (Å²) in [5.74, 6) is -0.0419. The lowest BCUT2D eigenvalue weighted by Crippen LogP contribution is -2.09. The van der Waals surface area contributed by atoms with Crippen LogP contribution in [0.25, 0.3) is 33.9 Å². The Kier molecular flexibility index (Phi) is 7.67. The molecule has 0 atom stereocenters. The van der Waals surface area contributed by atoms with Gasteiger partial charge in [0.15, 0.2) is 0 Å². The minimum absolute atomic E-state index is 0.327. The van der Waals surface area contributed by atoms with Crippen LogP contribution >= 0.6 is 0 Å². The molecule has 0 aromatic heterocycles. The number of allylic oxidation sites excluding steroid dienone is 1. The smallest absolute Gasteiger partial charge is 0.338 e. The fourth-order valence-corrected chi connectivity index (χ4v) is 3.39. The average molecular weight is 465 g/mol. The van der Waals surface area contributed by atoms with E-state index in [9.17, 15) is 9.59 Å².